The van der Waals surface area contributed by atoms with Crippen LogP contribution in [0.2, 0.25) is 0 Å². The highest BCUT2D eigenvalue weighted by Crippen LogP contribution is 2.29. The van der Waals surface area contributed by atoms with E-state index in [2.05, 4.69) is 0 Å². The Morgan fingerprint density at radius 2 is 2.33 bits per heavy atom. The number of fused-ring (bicyclic) bond motifs is 1. The molecule has 1 heterocycles. The van der Waals surface area contributed by atoms with Crippen LogP contribution in [0.15, 0.2) is 18.2 Å². The first-order valence-electron chi connectivity index (χ1n) is 5.61. The van der Waals surface area contributed by atoms with Crippen LogP contribution in [0.25, 0.3) is 0 Å². The van der Waals surface area contributed by atoms with Gasteiger partial charge in [-0.05, 0) is 13.0 Å². The Balaban J connectivity index is 2.41. The molecule has 0 aliphatic carbocycles. The molecule has 1 amide bonds. The highest BCUT2D eigenvalue weighted by Gasteiger charge is 2.41. The molecule has 1 aliphatic rings. The number of amides is 1. The summed E-state index contributed by atoms with van der Waals surface area (Å²) in [6.07, 6.45) is -1.94. The van der Waals surface area contributed by atoms with Gasteiger partial charge in [-0.15, -0.1) is 0 Å². The van der Waals surface area contributed by atoms with Gasteiger partial charge in [-0.1, -0.05) is 12.1 Å². The molecule has 1 aromatic carbocycles. The van der Waals surface area contributed by atoms with Crippen LogP contribution in [0.3, 0.4) is 0 Å². The predicted molar refractivity (Wildman–Crippen MR) is 64.8 cm³/mol. The van der Waals surface area contributed by atoms with Crippen molar-refractivity contribution in [2.24, 2.45) is 0 Å². The number of ether oxygens (including phenoxy) is 1. The molecule has 2 rings (SSSR count). The summed E-state index contributed by atoms with van der Waals surface area (Å²) >= 11 is 0. The third-order valence-corrected chi connectivity index (χ3v) is 2.82. The number of carbonyl (C=O) groups is 1. The minimum absolute atomic E-state index is 0.461. The molecule has 1 atom stereocenters. The van der Waals surface area contributed by atoms with Crippen molar-refractivity contribution in [1.29, 1.82) is 0 Å². The zero-order valence-corrected chi connectivity index (χ0v) is 10.2. The van der Waals surface area contributed by atoms with Crippen molar-refractivity contribution >= 4 is 18.7 Å². The molecule has 7 heteroatoms. The van der Waals surface area contributed by atoms with Gasteiger partial charge >= 0.3 is 13.2 Å². The number of carboxylic acid groups (broad SMARTS) is 1. The first-order valence-corrected chi connectivity index (χ1v) is 5.61. The van der Waals surface area contributed by atoms with E-state index in [0.717, 1.165) is 4.90 Å². The van der Waals surface area contributed by atoms with Crippen LogP contribution in [0.1, 0.15) is 18.7 Å². The molecule has 0 saturated heterocycles. The fourth-order valence-corrected chi connectivity index (χ4v) is 1.99. The molecule has 0 saturated carbocycles. The van der Waals surface area contributed by atoms with Crippen molar-refractivity contribution in [3.63, 3.8) is 0 Å². The molecule has 0 fully saturated rings. The molecule has 0 radical (unpaired) electrons. The summed E-state index contributed by atoms with van der Waals surface area (Å²) in [5.41, 5.74) is 1.11. The number of nitrogens with zero attached hydrogens (tertiary/aromatic N) is 1. The Bertz CT molecular complexity index is 467. The summed E-state index contributed by atoms with van der Waals surface area (Å²) in [6, 6.07) is 5.18. The summed E-state index contributed by atoms with van der Waals surface area (Å²) in [5.74, 6) is 0.517. The number of hydrogen-bond donors (Lipinski definition) is 2. The standard InChI is InChI=1S/C11H14BNO5/c1-3-17-8-6-4-5-7-9(8)12(16)18-10(7)13(2)11(14)15/h4-6,10,16H,3H2,1-2H3,(H,14,15). The van der Waals surface area contributed by atoms with Crippen LogP contribution in [0.4, 0.5) is 4.79 Å². The average molecular weight is 251 g/mol. The van der Waals surface area contributed by atoms with Gasteiger partial charge in [0.2, 0.25) is 0 Å². The van der Waals surface area contributed by atoms with Gasteiger partial charge in [0.25, 0.3) is 0 Å². The van der Waals surface area contributed by atoms with E-state index >= 15 is 0 Å². The van der Waals surface area contributed by atoms with Gasteiger partial charge in [0, 0.05) is 18.1 Å². The Labute approximate surface area is 105 Å². The minimum Gasteiger partial charge on any atom is -0.494 e. The first-order chi connectivity index (χ1) is 8.56. The van der Waals surface area contributed by atoms with Crippen LogP contribution >= 0.6 is 0 Å². The molecule has 0 bridgehead atoms. The zero-order chi connectivity index (χ0) is 13.3. The predicted octanol–water partition coefficient (Wildman–Crippen LogP) is 0.411. The lowest BCUT2D eigenvalue weighted by molar-refractivity contribution is 0.0420. The molecule has 96 valence electrons. The SMILES string of the molecule is CCOc1cccc2c1B(O)OC2N(C)C(=O)O. The Hall–Kier alpha value is -1.73. The van der Waals surface area contributed by atoms with E-state index in [-0.39, 0.29) is 0 Å². The van der Waals surface area contributed by atoms with E-state index in [0.29, 0.717) is 23.4 Å². The molecule has 0 spiro atoms. The third-order valence-electron chi connectivity index (χ3n) is 2.82. The number of rotatable bonds is 3. The van der Waals surface area contributed by atoms with Gasteiger partial charge < -0.3 is 19.5 Å². The molecule has 1 aliphatic heterocycles. The summed E-state index contributed by atoms with van der Waals surface area (Å²) in [7, 11) is 0.219. The maximum absolute atomic E-state index is 10.9. The fourth-order valence-electron chi connectivity index (χ4n) is 1.99. The van der Waals surface area contributed by atoms with Gasteiger partial charge in [0.15, 0.2) is 0 Å². The fraction of sp³-hybridized carbons (Fsp3) is 0.364. The molecule has 0 aromatic heterocycles. The lowest BCUT2D eigenvalue weighted by Gasteiger charge is -2.22. The second-order valence-electron chi connectivity index (χ2n) is 3.93. The molecule has 2 N–H and O–H groups in total. The molecule has 1 unspecified atom stereocenters. The lowest BCUT2D eigenvalue weighted by Crippen LogP contribution is -2.31. The van der Waals surface area contributed by atoms with Crippen LogP contribution in [-0.2, 0) is 4.65 Å². The first kappa shape index (κ1) is 12.7. The minimum atomic E-state index is -1.17. The van der Waals surface area contributed by atoms with E-state index in [1.165, 1.54) is 7.05 Å². The van der Waals surface area contributed by atoms with E-state index in [4.69, 9.17) is 14.5 Å². The topological polar surface area (TPSA) is 79.2 Å². The average Bonchev–Trinajstić information content (AvgIpc) is 2.67. The Kier molecular flexibility index (Phi) is 3.44. The maximum Gasteiger partial charge on any atom is 0.497 e. The summed E-state index contributed by atoms with van der Waals surface area (Å²) < 4.78 is 10.7. The quantitative estimate of drug-likeness (QED) is 0.760. The van der Waals surface area contributed by atoms with E-state index in [1.54, 1.807) is 18.2 Å². The van der Waals surface area contributed by atoms with Crippen molar-refractivity contribution in [3.05, 3.63) is 23.8 Å². The third kappa shape index (κ3) is 2.02. The summed E-state index contributed by atoms with van der Waals surface area (Å²) in [6.45, 7) is 2.30. The van der Waals surface area contributed by atoms with Gasteiger partial charge in [0.1, 0.15) is 12.0 Å². The highest BCUT2D eigenvalue weighted by atomic mass is 16.6. The monoisotopic (exact) mass is 251 g/mol. The number of hydrogen-bond acceptors (Lipinski definition) is 4. The highest BCUT2D eigenvalue weighted by molar-refractivity contribution is 6.62. The van der Waals surface area contributed by atoms with Crippen molar-refractivity contribution < 1.29 is 24.3 Å². The molecule has 6 nitrogen and oxygen atoms in total. The van der Waals surface area contributed by atoms with Gasteiger partial charge in [-0.25, -0.2) is 4.79 Å². The second kappa shape index (κ2) is 4.87. The van der Waals surface area contributed by atoms with E-state index in [9.17, 15) is 9.82 Å². The Morgan fingerprint density at radius 3 is 2.94 bits per heavy atom. The molecule has 1 aromatic rings. The van der Waals surface area contributed by atoms with Gasteiger partial charge in [-0.3, -0.25) is 4.90 Å². The second-order valence-corrected chi connectivity index (χ2v) is 3.93. The normalized spacial score (nSPS) is 17.5. The maximum atomic E-state index is 10.9. The van der Waals surface area contributed by atoms with Crippen LogP contribution in [-0.4, -0.2) is 41.9 Å². The zero-order valence-electron chi connectivity index (χ0n) is 10.2. The van der Waals surface area contributed by atoms with E-state index in [1.807, 2.05) is 6.92 Å². The summed E-state index contributed by atoms with van der Waals surface area (Å²) in [4.78, 5) is 12.0. The van der Waals surface area contributed by atoms with Crippen LogP contribution in [0.5, 0.6) is 5.75 Å². The van der Waals surface area contributed by atoms with Crippen molar-refractivity contribution in [1.82, 2.24) is 4.90 Å². The van der Waals surface area contributed by atoms with Crippen molar-refractivity contribution in [2.45, 2.75) is 13.2 Å². The smallest absolute Gasteiger partial charge is 0.494 e. The van der Waals surface area contributed by atoms with Crippen LogP contribution in [0, 0.1) is 0 Å². The molecule has 18 heavy (non-hydrogen) atoms. The molecular formula is C11H14BNO5. The van der Waals surface area contributed by atoms with Crippen LogP contribution < -0.4 is 10.2 Å². The Morgan fingerprint density at radius 1 is 1.61 bits per heavy atom. The number of benzene rings is 1. The van der Waals surface area contributed by atoms with Crippen molar-refractivity contribution in [3.8, 4) is 5.75 Å². The largest absolute Gasteiger partial charge is 0.497 e. The van der Waals surface area contributed by atoms with E-state index < -0.39 is 19.4 Å². The van der Waals surface area contributed by atoms with Crippen molar-refractivity contribution in [2.75, 3.05) is 13.7 Å². The summed E-state index contributed by atoms with van der Waals surface area (Å²) in [5, 5.41) is 18.8. The van der Waals surface area contributed by atoms with Gasteiger partial charge in [0.05, 0.1) is 6.61 Å². The molecular weight excluding hydrogens is 237 g/mol. The van der Waals surface area contributed by atoms with Gasteiger partial charge in [-0.2, -0.15) is 0 Å². The lowest BCUT2D eigenvalue weighted by atomic mass is 9.78.